The molecule has 1 spiro atoms. The Balaban J connectivity index is 1.59. The summed E-state index contributed by atoms with van der Waals surface area (Å²) in [7, 11) is 0. The topological polar surface area (TPSA) is 93.9 Å². The monoisotopic (exact) mass is 423 g/mol. The van der Waals surface area contributed by atoms with Gasteiger partial charge in [0.25, 0.3) is 0 Å². The Morgan fingerprint density at radius 1 is 1.23 bits per heavy atom. The zero-order valence-corrected chi connectivity index (χ0v) is 17.5. The molecule has 0 unspecified atom stereocenters. The molecule has 0 amide bonds. The van der Waals surface area contributed by atoms with Gasteiger partial charge in [-0.15, -0.1) is 0 Å². The van der Waals surface area contributed by atoms with Crippen LogP contribution in [0.2, 0.25) is 0 Å². The molecule has 3 atom stereocenters. The molecule has 3 aliphatic rings. The first-order chi connectivity index (χ1) is 15.0. The van der Waals surface area contributed by atoms with Crippen LogP contribution in [0.25, 0.3) is 16.8 Å². The molecule has 3 aromatic rings. The Bertz CT molecular complexity index is 1230. The van der Waals surface area contributed by atoms with E-state index < -0.39 is 11.2 Å². The SMILES string of the molecule is Cc1ncn(-c2noc3c(F)c4c(cc23)CC2(C=NCN=C2)[C@H]2[C@H](C)O[C@H](C)CN42)n1. The third-order valence-electron chi connectivity index (χ3n) is 6.40. The summed E-state index contributed by atoms with van der Waals surface area (Å²) in [5, 5.41) is 8.97. The molecule has 31 heavy (non-hydrogen) atoms. The molecule has 0 saturated carbocycles. The van der Waals surface area contributed by atoms with Crippen LogP contribution in [-0.4, -0.2) is 63.8 Å². The summed E-state index contributed by atoms with van der Waals surface area (Å²) in [6.45, 7) is 6.81. The van der Waals surface area contributed by atoms with Gasteiger partial charge in [0.15, 0.2) is 5.82 Å². The summed E-state index contributed by atoms with van der Waals surface area (Å²) in [6, 6.07) is 1.84. The predicted molar refractivity (Wildman–Crippen MR) is 113 cm³/mol. The van der Waals surface area contributed by atoms with Crippen molar-refractivity contribution in [2.45, 2.75) is 45.4 Å². The van der Waals surface area contributed by atoms with Crippen LogP contribution in [-0.2, 0) is 11.2 Å². The fourth-order valence-electron chi connectivity index (χ4n) is 5.39. The Morgan fingerprint density at radius 2 is 2.03 bits per heavy atom. The van der Waals surface area contributed by atoms with Gasteiger partial charge in [-0.25, -0.2) is 9.37 Å². The number of hydrogen-bond acceptors (Lipinski definition) is 8. The Labute approximate surface area is 177 Å². The van der Waals surface area contributed by atoms with Crippen LogP contribution >= 0.6 is 0 Å². The number of anilines is 1. The maximum Gasteiger partial charge on any atom is 0.206 e. The van der Waals surface area contributed by atoms with Gasteiger partial charge in [-0.05, 0) is 38.8 Å². The molecule has 0 radical (unpaired) electrons. The van der Waals surface area contributed by atoms with E-state index in [1.807, 2.05) is 32.3 Å². The van der Waals surface area contributed by atoms with Gasteiger partial charge in [0.05, 0.1) is 34.7 Å². The number of aliphatic imine (C=N–C) groups is 2. The van der Waals surface area contributed by atoms with Crippen LogP contribution in [0, 0.1) is 18.2 Å². The zero-order chi connectivity index (χ0) is 21.3. The number of benzene rings is 1. The molecular formula is C21H22FN7O2. The number of fused-ring (bicyclic) bond motifs is 5. The van der Waals surface area contributed by atoms with Crippen molar-refractivity contribution in [3.63, 3.8) is 0 Å². The molecule has 1 saturated heterocycles. The predicted octanol–water partition coefficient (Wildman–Crippen LogP) is 2.49. The van der Waals surface area contributed by atoms with Gasteiger partial charge in [0.1, 0.15) is 18.8 Å². The Kier molecular flexibility index (Phi) is 3.86. The van der Waals surface area contributed by atoms with E-state index >= 15 is 4.39 Å². The van der Waals surface area contributed by atoms with E-state index in [0.29, 0.717) is 42.4 Å². The quantitative estimate of drug-likeness (QED) is 0.597. The highest BCUT2D eigenvalue weighted by Crippen LogP contribution is 2.47. The number of rotatable bonds is 1. The van der Waals surface area contributed by atoms with E-state index in [9.17, 15) is 0 Å². The van der Waals surface area contributed by atoms with Crippen LogP contribution in [0.15, 0.2) is 26.9 Å². The lowest BCUT2D eigenvalue weighted by molar-refractivity contribution is -0.0432. The van der Waals surface area contributed by atoms with E-state index in [1.54, 1.807) is 13.3 Å². The third kappa shape index (κ3) is 2.60. The van der Waals surface area contributed by atoms with E-state index in [0.717, 1.165) is 5.56 Å². The average Bonchev–Trinajstić information content (AvgIpc) is 3.34. The number of halogens is 1. The summed E-state index contributed by atoms with van der Waals surface area (Å²) in [5.41, 5.74) is 1.07. The lowest BCUT2D eigenvalue weighted by Gasteiger charge is -2.54. The van der Waals surface area contributed by atoms with Gasteiger partial charge in [-0.1, -0.05) is 5.16 Å². The van der Waals surface area contributed by atoms with Crippen molar-refractivity contribution in [2.75, 3.05) is 18.1 Å². The van der Waals surface area contributed by atoms with Crippen LogP contribution in [0.5, 0.6) is 0 Å². The van der Waals surface area contributed by atoms with Gasteiger partial charge in [-0.2, -0.15) is 9.78 Å². The van der Waals surface area contributed by atoms with E-state index in [2.05, 4.69) is 30.1 Å². The number of aromatic nitrogens is 4. The maximum absolute atomic E-state index is 15.9. The normalized spacial score (nSPS) is 26.5. The Morgan fingerprint density at radius 3 is 2.77 bits per heavy atom. The molecule has 0 aliphatic carbocycles. The van der Waals surface area contributed by atoms with Crippen molar-refractivity contribution < 1.29 is 13.7 Å². The molecule has 6 rings (SSSR count). The van der Waals surface area contributed by atoms with Crippen LogP contribution in [0.3, 0.4) is 0 Å². The van der Waals surface area contributed by atoms with E-state index in [-0.39, 0.29) is 23.8 Å². The van der Waals surface area contributed by atoms with E-state index in [1.165, 1.54) is 4.68 Å². The van der Waals surface area contributed by atoms with Crippen molar-refractivity contribution in [1.82, 2.24) is 19.9 Å². The minimum atomic E-state index is -0.466. The first-order valence-electron chi connectivity index (χ1n) is 10.4. The van der Waals surface area contributed by atoms with E-state index in [4.69, 9.17) is 9.26 Å². The highest BCUT2D eigenvalue weighted by atomic mass is 19.1. The largest absolute Gasteiger partial charge is 0.372 e. The molecule has 1 aromatic carbocycles. The number of ether oxygens (including phenoxy) is 1. The molecule has 9 nitrogen and oxygen atoms in total. The second-order valence-electron chi connectivity index (χ2n) is 8.62. The summed E-state index contributed by atoms with van der Waals surface area (Å²) >= 11 is 0. The molecule has 0 N–H and O–H groups in total. The lowest BCUT2D eigenvalue weighted by atomic mass is 9.69. The molecule has 1 fully saturated rings. The summed E-state index contributed by atoms with van der Waals surface area (Å²) in [5.74, 6) is 0.611. The van der Waals surface area contributed by atoms with Gasteiger partial charge in [0.2, 0.25) is 11.4 Å². The molecular weight excluding hydrogens is 401 g/mol. The van der Waals surface area contributed by atoms with Crippen LogP contribution in [0.4, 0.5) is 10.1 Å². The average molecular weight is 423 g/mol. The highest BCUT2D eigenvalue weighted by Gasteiger charge is 2.52. The zero-order valence-electron chi connectivity index (χ0n) is 17.5. The van der Waals surface area contributed by atoms with Crippen molar-refractivity contribution in [2.24, 2.45) is 15.4 Å². The van der Waals surface area contributed by atoms with Crippen LogP contribution < -0.4 is 4.90 Å². The Hall–Kier alpha value is -3.14. The van der Waals surface area contributed by atoms with Crippen molar-refractivity contribution in [3.05, 3.63) is 29.6 Å². The molecule has 160 valence electrons. The second kappa shape index (κ2) is 6.43. The molecule has 5 heterocycles. The molecule has 3 aliphatic heterocycles. The first-order valence-corrected chi connectivity index (χ1v) is 10.4. The van der Waals surface area contributed by atoms with Gasteiger partial charge in [0, 0.05) is 19.0 Å². The fraction of sp³-hybridized carbons (Fsp3) is 0.476. The summed E-state index contributed by atoms with van der Waals surface area (Å²) in [4.78, 5) is 15.2. The first kappa shape index (κ1) is 18.6. The second-order valence-corrected chi connectivity index (χ2v) is 8.62. The fourth-order valence-corrected chi connectivity index (χ4v) is 5.39. The lowest BCUT2D eigenvalue weighted by Crippen LogP contribution is -2.65. The summed E-state index contributed by atoms with van der Waals surface area (Å²) < 4.78 is 29.1. The van der Waals surface area contributed by atoms with Crippen molar-refractivity contribution in [1.29, 1.82) is 0 Å². The minimum absolute atomic E-state index is 0.0368. The number of morpholine rings is 1. The smallest absolute Gasteiger partial charge is 0.206 e. The summed E-state index contributed by atoms with van der Waals surface area (Å²) in [6.07, 6.45) is 5.89. The number of hydrogen-bond donors (Lipinski definition) is 0. The molecule has 10 heteroatoms. The van der Waals surface area contributed by atoms with Gasteiger partial charge in [-0.3, -0.25) is 9.98 Å². The standard InChI is InChI=1S/C21H22FN7O2/c1-11-6-28-17-14(5-21(7-23-9-24-8-21)19(28)12(2)30-11)4-15-18(16(17)22)31-27-20(15)29-10-25-13(3)26-29/h4,7-8,10-12,19H,5-6,9H2,1-3H3/t11-,12+,19-/m1/s1. The third-order valence-corrected chi connectivity index (χ3v) is 6.40. The van der Waals surface area contributed by atoms with Gasteiger partial charge < -0.3 is 14.2 Å². The molecule has 0 bridgehead atoms. The number of nitrogens with zero attached hydrogens (tertiary/aromatic N) is 7. The number of aryl methyl sites for hydroxylation is 1. The van der Waals surface area contributed by atoms with Gasteiger partial charge >= 0.3 is 0 Å². The maximum atomic E-state index is 15.9. The highest BCUT2D eigenvalue weighted by molar-refractivity contribution is 5.96. The molecule has 2 aromatic heterocycles. The van der Waals surface area contributed by atoms with Crippen molar-refractivity contribution in [3.8, 4) is 5.82 Å². The van der Waals surface area contributed by atoms with Crippen molar-refractivity contribution >= 4 is 29.1 Å². The minimum Gasteiger partial charge on any atom is -0.372 e. The van der Waals surface area contributed by atoms with Crippen LogP contribution in [0.1, 0.15) is 25.2 Å².